The summed E-state index contributed by atoms with van der Waals surface area (Å²) in [5.41, 5.74) is 1.85. The lowest BCUT2D eigenvalue weighted by Crippen LogP contribution is -2.47. The number of ketones is 1. The number of halogens is 4. The predicted molar refractivity (Wildman–Crippen MR) is 88.4 cm³/mol. The van der Waals surface area contributed by atoms with E-state index in [9.17, 15) is 22.4 Å². The minimum Gasteiger partial charge on any atom is -0.292 e. The van der Waals surface area contributed by atoms with Crippen LogP contribution in [0.1, 0.15) is 40.0 Å². The fraction of sp³-hybridized carbons (Fsp3) is 0.316. The summed E-state index contributed by atoms with van der Waals surface area (Å²) in [6, 6.07) is 5.99. The van der Waals surface area contributed by atoms with Gasteiger partial charge in [0.25, 0.3) is 0 Å². The van der Waals surface area contributed by atoms with Crippen molar-refractivity contribution in [3.05, 3.63) is 65.8 Å². The number of nitrogens with zero attached hydrogens (tertiary/aromatic N) is 2. The number of rotatable bonds is 5. The maximum atomic E-state index is 13.6. The molecule has 3 rings (SSSR count). The van der Waals surface area contributed by atoms with E-state index >= 15 is 0 Å². The molecule has 1 heterocycles. The average Bonchev–Trinajstić information content (AvgIpc) is 2.60. The molecule has 0 saturated heterocycles. The molecular weight excluding hydrogens is 348 g/mol. The van der Waals surface area contributed by atoms with E-state index < -0.39 is 24.7 Å². The van der Waals surface area contributed by atoms with Gasteiger partial charge in [0.05, 0.1) is 0 Å². The highest BCUT2D eigenvalue weighted by molar-refractivity contribution is 5.94. The van der Waals surface area contributed by atoms with Gasteiger partial charge in [-0.25, -0.2) is 9.97 Å². The molecule has 0 atom stereocenters. The Labute approximate surface area is 147 Å². The van der Waals surface area contributed by atoms with Gasteiger partial charge in [-0.2, -0.15) is 17.6 Å². The number of allylic oxidation sites excluding steroid dienone is 1. The summed E-state index contributed by atoms with van der Waals surface area (Å²) in [6.07, 6.45) is 1.23. The maximum Gasteiger partial charge on any atom is 0.314 e. The first-order chi connectivity index (χ1) is 12.2. The van der Waals surface area contributed by atoms with Gasteiger partial charge in [-0.3, -0.25) is 4.79 Å². The quantitative estimate of drug-likeness (QED) is 0.579. The molecule has 0 bridgehead atoms. The highest BCUT2D eigenvalue weighted by atomic mass is 19.3. The lowest BCUT2D eigenvalue weighted by atomic mass is 9.84. The zero-order valence-electron chi connectivity index (χ0n) is 13.8. The van der Waals surface area contributed by atoms with Crippen molar-refractivity contribution in [3.8, 4) is 0 Å². The van der Waals surface area contributed by atoms with Crippen LogP contribution >= 0.6 is 0 Å². The smallest absolute Gasteiger partial charge is 0.292 e. The van der Waals surface area contributed by atoms with Crippen molar-refractivity contribution in [2.75, 3.05) is 0 Å². The summed E-state index contributed by atoms with van der Waals surface area (Å²) in [7, 11) is 0. The van der Waals surface area contributed by atoms with E-state index in [0.717, 1.165) is 0 Å². The van der Waals surface area contributed by atoms with Gasteiger partial charge in [-0.05, 0) is 34.8 Å². The molecule has 0 radical (unpaired) electrons. The zero-order valence-corrected chi connectivity index (χ0v) is 13.8. The molecular formula is C19H16F4N2O. The highest BCUT2D eigenvalue weighted by Crippen LogP contribution is 2.44. The SMILES string of the molecule is C=C(CCC(=O)c1ccncn1)c1ccc2c(c1)CC(F)(F)C(F)(F)C2. The monoisotopic (exact) mass is 364 g/mol. The number of carbonyl (C=O) groups excluding carboxylic acids is 1. The molecule has 1 aromatic carbocycles. The molecule has 0 spiro atoms. The number of hydrogen-bond donors (Lipinski definition) is 0. The fourth-order valence-electron chi connectivity index (χ4n) is 2.91. The first-order valence-electron chi connectivity index (χ1n) is 8.04. The molecule has 26 heavy (non-hydrogen) atoms. The van der Waals surface area contributed by atoms with Crippen LogP contribution in [0, 0.1) is 0 Å². The van der Waals surface area contributed by atoms with Crippen LogP contribution in [0.25, 0.3) is 5.57 Å². The summed E-state index contributed by atoms with van der Waals surface area (Å²) in [5, 5.41) is 0. The molecule has 0 amide bonds. The first kappa shape index (κ1) is 18.2. The van der Waals surface area contributed by atoms with Crippen LogP contribution in [0.2, 0.25) is 0 Å². The van der Waals surface area contributed by atoms with Crippen molar-refractivity contribution in [2.24, 2.45) is 0 Å². The van der Waals surface area contributed by atoms with Gasteiger partial charge < -0.3 is 0 Å². The Morgan fingerprint density at radius 3 is 2.38 bits per heavy atom. The van der Waals surface area contributed by atoms with E-state index in [-0.39, 0.29) is 23.3 Å². The molecule has 0 unspecified atom stereocenters. The normalized spacial score (nSPS) is 17.4. The largest absolute Gasteiger partial charge is 0.314 e. The molecule has 0 fully saturated rings. The van der Waals surface area contributed by atoms with Crippen LogP contribution in [0.4, 0.5) is 17.6 Å². The number of Topliss-reactive ketones (excluding diaryl/α,β-unsaturated/α-hetero) is 1. The summed E-state index contributed by atoms with van der Waals surface area (Å²) in [6.45, 7) is 3.88. The van der Waals surface area contributed by atoms with Gasteiger partial charge in [0.1, 0.15) is 12.0 Å². The van der Waals surface area contributed by atoms with Crippen molar-refractivity contribution >= 4 is 11.4 Å². The summed E-state index contributed by atoms with van der Waals surface area (Å²) < 4.78 is 54.2. The fourth-order valence-corrected chi connectivity index (χ4v) is 2.91. The van der Waals surface area contributed by atoms with E-state index in [2.05, 4.69) is 16.5 Å². The molecule has 136 valence electrons. The third kappa shape index (κ3) is 3.52. The van der Waals surface area contributed by atoms with Crippen molar-refractivity contribution < 1.29 is 22.4 Å². The Morgan fingerprint density at radius 2 is 1.73 bits per heavy atom. The van der Waals surface area contributed by atoms with Crippen molar-refractivity contribution in [2.45, 2.75) is 37.5 Å². The topological polar surface area (TPSA) is 42.9 Å². The Balaban J connectivity index is 1.71. The number of alkyl halides is 4. The van der Waals surface area contributed by atoms with Crippen molar-refractivity contribution in [3.63, 3.8) is 0 Å². The molecule has 0 N–H and O–H groups in total. The Kier molecular flexibility index (Phi) is 4.64. The average molecular weight is 364 g/mol. The second-order valence-electron chi connectivity index (χ2n) is 6.37. The Morgan fingerprint density at radius 1 is 1.04 bits per heavy atom. The van der Waals surface area contributed by atoms with Crippen LogP contribution in [-0.2, 0) is 12.8 Å². The minimum atomic E-state index is -4.07. The molecule has 1 aliphatic carbocycles. The van der Waals surface area contributed by atoms with Gasteiger partial charge in [0.15, 0.2) is 5.78 Å². The number of hydrogen-bond acceptors (Lipinski definition) is 3. The van der Waals surface area contributed by atoms with E-state index in [4.69, 9.17) is 0 Å². The second-order valence-corrected chi connectivity index (χ2v) is 6.37. The summed E-state index contributed by atoms with van der Waals surface area (Å²) in [4.78, 5) is 19.7. The van der Waals surface area contributed by atoms with E-state index in [1.54, 1.807) is 6.07 Å². The number of fused-ring (bicyclic) bond motifs is 1. The van der Waals surface area contributed by atoms with Gasteiger partial charge in [0, 0.05) is 25.5 Å². The summed E-state index contributed by atoms with van der Waals surface area (Å²) in [5.74, 6) is -8.29. The molecule has 0 saturated carbocycles. The van der Waals surface area contributed by atoms with E-state index in [0.29, 0.717) is 23.3 Å². The lowest BCUT2D eigenvalue weighted by Gasteiger charge is -2.32. The molecule has 1 aliphatic rings. The molecule has 7 heteroatoms. The van der Waals surface area contributed by atoms with Gasteiger partial charge in [-0.15, -0.1) is 0 Å². The van der Waals surface area contributed by atoms with Crippen molar-refractivity contribution in [1.82, 2.24) is 9.97 Å². The maximum absolute atomic E-state index is 13.6. The van der Waals surface area contributed by atoms with Crippen LogP contribution in [0.15, 0.2) is 43.4 Å². The van der Waals surface area contributed by atoms with Gasteiger partial charge in [0.2, 0.25) is 0 Å². The Hall–Kier alpha value is -2.57. The van der Waals surface area contributed by atoms with Crippen molar-refractivity contribution in [1.29, 1.82) is 0 Å². The van der Waals surface area contributed by atoms with Crippen LogP contribution < -0.4 is 0 Å². The lowest BCUT2D eigenvalue weighted by molar-refractivity contribution is -0.211. The second kappa shape index (κ2) is 6.63. The van der Waals surface area contributed by atoms with Gasteiger partial charge in [-0.1, -0.05) is 24.8 Å². The van der Waals surface area contributed by atoms with Gasteiger partial charge >= 0.3 is 11.8 Å². The predicted octanol–water partition coefficient (Wildman–Crippen LogP) is 4.52. The number of carbonyl (C=O) groups is 1. The van der Waals surface area contributed by atoms with Crippen LogP contribution in [0.5, 0.6) is 0 Å². The third-order valence-corrected chi connectivity index (χ3v) is 4.50. The zero-order chi connectivity index (χ0) is 18.9. The molecule has 1 aromatic heterocycles. The number of aromatic nitrogens is 2. The van der Waals surface area contributed by atoms with Crippen LogP contribution in [0.3, 0.4) is 0 Å². The van der Waals surface area contributed by atoms with E-state index in [1.165, 1.54) is 30.7 Å². The molecule has 0 aliphatic heterocycles. The van der Waals surface area contributed by atoms with Crippen LogP contribution in [-0.4, -0.2) is 27.6 Å². The Bertz CT molecular complexity index is 850. The third-order valence-electron chi connectivity index (χ3n) is 4.50. The minimum absolute atomic E-state index is 0.154. The highest BCUT2D eigenvalue weighted by Gasteiger charge is 2.58. The molecule has 2 aromatic rings. The first-order valence-corrected chi connectivity index (χ1v) is 8.04. The van der Waals surface area contributed by atoms with E-state index in [1.807, 2.05) is 0 Å². The summed E-state index contributed by atoms with van der Waals surface area (Å²) >= 11 is 0. The standard InChI is InChI=1S/C19H16F4N2O/c1-12(2-5-17(26)16-6-7-24-11-25-16)13-3-4-14-9-18(20,21)19(22,23)10-15(14)8-13/h3-4,6-8,11H,1-2,5,9-10H2. The molecule has 3 nitrogen and oxygen atoms in total. The number of benzene rings is 1.